The standard InChI is InChI=1S/C19H27O3/c1-5-6-7-8-10-19(4)11-9-15-16(12-20)17(21)13(2)14(3)18(15)22-19/h21H,5-11H2,1-4H3. The first-order valence-electron chi connectivity index (χ1n) is 8.35. The fourth-order valence-electron chi connectivity index (χ4n) is 3.29. The first-order chi connectivity index (χ1) is 10.4. The van der Waals surface area contributed by atoms with Gasteiger partial charge >= 0.3 is 0 Å². The molecule has 2 rings (SSSR count). The van der Waals surface area contributed by atoms with E-state index in [4.69, 9.17) is 4.74 Å². The first-order valence-corrected chi connectivity index (χ1v) is 8.35. The van der Waals surface area contributed by atoms with Crippen molar-refractivity contribution in [2.45, 2.75) is 78.2 Å². The van der Waals surface area contributed by atoms with Crippen LogP contribution in [0.3, 0.4) is 0 Å². The van der Waals surface area contributed by atoms with Crippen LogP contribution >= 0.6 is 0 Å². The van der Waals surface area contributed by atoms with Crippen molar-refractivity contribution < 1.29 is 14.6 Å². The van der Waals surface area contributed by atoms with Crippen LogP contribution in [0.5, 0.6) is 11.5 Å². The van der Waals surface area contributed by atoms with Crippen LogP contribution in [-0.4, -0.2) is 17.0 Å². The van der Waals surface area contributed by atoms with Crippen LogP contribution in [0.2, 0.25) is 0 Å². The number of phenolic OH excluding ortho intramolecular Hbond substituents is 1. The third-order valence-electron chi connectivity index (χ3n) is 4.98. The normalized spacial score (nSPS) is 20.4. The number of hydrogen-bond donors (Lipinski definition) is 1. The number of ether oxygens (including phenoxy) is 1. The van der Waals surface area contributed by atoms with Gasteiger partial charge in [-0.05, 0) is 57.6 Å². The van der Waals surface area contributed by atoms with E-state index < -0.39 is 0 Å². The minimum atomic E-state index is -0.172. The van der Waals surface area contributed by atoms with Crippen LogP contribution in [-0.2, 0) is 11.2 Å². The molecule has 0 aliphatic carbocycles. The zero-order valence-electron chi connectivity index (χ0n) is 14.2. The second-order valence-electron chi connectivity index (χ2n) is 6.75. The molecule has 0 amide bonds. The highest BCUT2D eigenvalue weighted by Gasteiger charge is 2.34. The van der Waals surface area contributed by atoms with Gasteiger partial charge in [-0.1, -0.05) is 26.2 Å². The fourth-order valence-corrected chi connectivity index (χ4v) is 3.29. The van der Waals surface area contributed by atoms with Crippen LogP contribution in [0.1, 0.15) is 74.6 Å². The van der Waals surface area contributed by atoms with E-state index in [0.29, 0.717) is 5.56 Å². The number of hydrogen-bond acceptors (Lipinski definition) is 3. The molecule has 0 spiro atoms. The molecule has 121 valence electrons. The van der Waals surface area contributed by atoms with Crippen LogP contribution in [0.4, 0.5) is 0 Å². The maximum absolute atomic E-state index is 11.2. The van der Waals surface area contributed by atoms with Crippen molar-refractivity contribution in [1.29, 1.82) is 0 Å². The van der Waals surface area contributed by atoms with Gasteiger partial charge in [0.05, 0.1) is 5.56 Å². The summed E-state index contributed by atoms with van der Waals surface area (Å²) in [7, 11) is 0. The average Bonchev–Trinajstić information content (AvgIpc) is 2.51. The first kappa shape index (κ1) is 16.9. The molecule has 0 fully saturated rings. The lowest BCUT2D eigenvalue weighted by atomic mass is 9.84. The Hall–Kier alpha value is -1.51. The van der Waals surface area contributed by atoms with Crippen LogP contribution in [0.15, 0.2) is 0 Å². The molecule has 1 atom stereocenters. The fraction of sp³-hybridized carbons (Fsp3) is 0.632. The number of aromatic hydroxyl groups is 1. The van der Waals surface area contributed by atoms with Crippen molar-refractivity contribution in [3.8, 4) is 11.5 Å². The second kappa shape index (κ2) is 6.72. The number of unbranched alkanes of at least 4 members (excludes halogenated alkanes) is 3. The van der Waals surface area contributed by atoms with Gasteiger partial charge in [0.1, 0.15) is 17.1 Å². The minimum absolute atomic E-state index is 0.0569. The van der Waals surface area contributed by atoms with Crippen molar-refractivity contribution in [3.63, 3.8) is 0 Å². The van der Waals surface area contributed by atoms with Gasteiger partial charge in [0.2, 0.25) is 6.29 Å². The summed E-state index contributed by atoms with van der Waals surface area (Å²) in [6, 6.07) is 0. The van der Waals surface area contributed by atoms with E-state index in [1.54, 1.807) is 0 Å². The highest BCUT2D eigenvalue weighted by Crippen LogP contribution is 2.44. The van der Waals surface area contributed by atoms with Gasteiger partial charge in [-0.3, -0.25) is 4.79 Å². The Balaban J connectivity index is 2.26. The third kappa shape index (κ3) is 3.13. The molecule has 3 nitrogen and oxygen atoms in total. The molecular formula is C19H27O3. The molecule has 1 aromatic rings. The van der Waals surface area contributed by atoms with Gasteiger partial charge in [0.25, 0.3) is 0 Å². The molecule has 1 aliphatic rings. The zero-order valence-corrected chi connectivity index (χ0v) is 14.2. The molecule has 22 heavy (non-hydrogen) atoms. The molecule has 0 saturated carbocycles. The van der Waals surface area contributed by atoms with Gasteiger partial charge in [-0.15, -0.1) is 0 Å². The maximum Gasteiger partial charge on any atom is 0.237 e. The van der Waals surface area contributed by atoms with Crippen LogP contribution < -0.4 is 4.74 Å². The third-order valence-corrected chi connectivity index (χ3v) is 4.98. The summed E-state index contributed by atoms with van der Waals surface area (Å²) in [5.74, 6) is 0.847. The number of rotatable bonds is 6. The largest absolute Gasteiger partial charge is 0.507 e. The average molecular weight is 303 g/mol. The summed E-state index contributed by atoms with van der Waals surface area (Å²) in [4.78, 5) is 11.2. The molecule has 1 aromatic carbocycles. The number of phenols is 1. The Morgan fingerprint density at radius 1 is 1.23 bits per heavy atom. The predicted octanol–water partition coefficient (Wildman–Crippen LogP) is 4.52. The summed E-state index contributed by atoms with van der Waals surface area (Å²) in [5, 5.41) is 10.1. The summed E-state index contributed by atoms with van der Waals surface area (Å²) >= 11 is 0. The second-order valence-corrected chi connectivity index (χ2v) is 6.75. The number of fused-ring (bicyclic) bond motifs is 1. The van der Waals surface area contributed by atoms with Crippen LogP contribution in [0, 0.1) is 13.8 Å². The Bertz CT molecular complexity index is 563. The smallest absolute Gasteiger partial charge is 0.237 e. The molecular weight excluding hydrogens is 276 g/mol. The molecule has 0 aromatic heterocycles. The molecule has 1 N–H and O–H groups in total. The monoisotopic (exact) mass is 303 g/mol. The van der Waals surface area contributed by atoms with Gasteiger partial charge < -0.3 is 9.84 Å². The van der Waals surface area contributed by atoms with E-state index in [2.05, 4.69) is 13.8 Å². The molecule has 1 heterocycles. The quantitative estimate of drug-likeness (QED) is 0.786. The molecule has 0 saturated heterocycles. The molecule has 0 bridgehead atoms. The van der Waals surface area contributed by atoms with Crippen molar-refractivity contribution in [2.24, 2.45) is 0 Å². The van der Waals surface area contributed by atoms with Crippen LogP contribution in [0.25, 0.3) is 0 Å². The lowest BCUT2D eigenvalue weighted by Gasteiger charge is -2.38. The van der Waals surface area contributed by atoms with Gasteiger partial charge in [0.15, 0.2) is 0 Å². The zero-order chi connectivity index (χ0) is 16.3. The summed E-state index contributed by atoms with van der Waals surface area (Å²) in [6.45, 7) is 8.15. The topological polar surface area (TPSA) is 46.5 Å². The summed E-state index contributed by atoms with van der Waals surface area (Å²) < 4.78 is 6.32. The molecule has 1 radical (unpaired) electrons. The lowest BCUT2D eigenvalue weighted by Crippen LogP contribution is -2.37. The van der Waals surface area contributed by atoms with E-state index in [-0.39, 0.29) is 16.9 Å². The van der Waals surface area contributed by atoms with Crippen molar-refractivity contribution >= 4 is 6.29 Å². The van der Waals surface area contributed by atoms with Crippen molar-refractivity contribution in [2.75, 3.05) is 0 Å². The summed E-state index contributed by atoms with van der Waals surface area (Å²) in [5.41, 5.74) is 2.58. The Morgan fingerprint density at radius 2 is 1.95 bits per heavy atom. The maximum atomic E-state index is 11.2. The molecule has 3 heteroatoms. The van der Waals surface area contributed by atoms with E-state index in [0.717, 1.165) is 36.1 Å². The number of benzene rings is 1. The van der Waals surface area contributed by atoms with E-state index >= 15 is 0 Å². The van der Waals surface area contributed by atoms with E-state index in [9.17, 15) is 9.90 Å². The van der Waals surface area contributed by atoms with Gasteiger partial charge in [-0.2, -0.15) is 0 Å². The minimum Gasteiger partial charge on any atom is -0.507 e. The van der Waals surface area contributed by atoms with Gasteiger partial charge in [-0.25, -0.2) is 0 Å². The molecule has 1 unspecified atom stereocenters. The summed E-state index contributed by atoms with van der Waals surface area (Å²) in [6.07, 6.45) is 9.48. The van der Waals surface area contributed by atoms with E-state index in [1.807, 2.05) is 20.1 Å². The van der Waals surface area contributed by atoms with Gasteiger partial charge in [0, 0.05) is 5.56 Å². The van der Waals surface area contributed by atoms with Crippen molar-refractivity contribution in [1.82, 2.24) is 0 Å². The Morgan fingerprint density at radius 3 is 2.59 bits per heavy atom. The van der Waals surface area contributed by atoms with E-state index in [1.165, 1.54) is 25.7 Å². The Labute approximate surface area is 133 Å². The van der Waals surface area contributed by atoms with Crippen molar-refractivity contribution in [3.05, 3.63) is 22.3 Å². The highest BCUT2D eigenvalue weighted by molar-refractivity contribution is 5.85. The molecule has 1 aliphatic heterocycles. The SMILES string of the molecule is CCCCCCC1(C)CCc2c([C]=O)c(O)c(C)c(C)c2O1. The number of carbonyl (C=O) groups excluding carboxylic acids is 1. The highest BCUT2D eigenvalue weighted by atomic mass is 16.5. The lowest BCUT2D eigenvalue weighted by molar-refractivity contribution is 0.0523. The predicted molar refractivity (Wildman–Crippen MR) is 88.5 cm³/mol. The Kier molecular flexibility index (Phi) is 5.15.